The number of benzene rings is 2. The number of rotatable bonds is 6. The fraction of sp³-hybridized carbons (Fsp3) is 0.375. The summed E-state index contributed by atoms with van der Waals surface area (Å²) in [5, 5.41) is 57.7. The molecule has 2 aliphatic rings. The van der Waals surface area contributed by atoms with Gasteiger partial charge in [-0.3, -0.25) is 5.10 Å². The molecular formula is C24H26N2O9. The van der Waals surface area contributed by atoms with Crippen LogP contribution in [0.4, 0.5) is 0 Å². The molecule has 35 heavy (non-hydrogen) atoms. The lowest BCUT2D eigenvalue weighted by Gasteiger charge is -2.39. The van der Waals surface area contributed by atoms with Crippen LogP contribution in [-0.4, -0.2) is 79.8 Å². The Balaban J connectivity index is 1.46. The van der Waals surface area contributed by atoms with Crippen LogP contribution in [0.5, 0.6) is 23.0 Å². The van der Waals surface area contributed by atoms with Crippen molar-refractivity contribution in [2.45, 2.75) is 44.1 Å². The molecule has 2 aliphatic heterocycles. The molecule has 0 radical (unpaired) electrons. The molecule has 0 amide bonds. The molecule has 186 valence electrons. The van der Waals surface area contributed by atoms with E-state index in [0.29, 0.717) is 34.7 Å². The number of hydrogen-bond acceptors (Lipinski definition) is 10. The van der Waals surface area contributed by atoms with Crippen molar-refractivity contribution in [2.24, 2.45) is 0 Å². The van der Waals surface area contributed by atoms with E-state index in [1.807, 2.05) is 25.1 Å². The predicted octanol–water partition coefficient (Wildman–Crippen LogP) is 0.919. The standard InChI is InChI=1S/C24H26N2O9/c1-2-11-5-13(20-14(8-25-26-20)12-3-4-16-18(6-12)33-10-32-16)15(28)7-17(11)34-24-23(31)22(30)21(29)19(9-27)35-24/h3-8,19,21-24,27-31H,2,9-10H2,1H3,(H,25,26)/t19-,21+,22+,23-,24-/m0/s1. The van der Waals surface area contributed by atoms with Crippen molar-refractivity contribution in [3.8, 4) is 45.4 Å². The first-order chi connectivity index (χ1) is 16.9. The third kappa shape index (κ3) is 4.17. The predicted molar refractivity (Wildman–Crippen MR) is 121 cm³/mol. The first-order valence-corrected chi connectivity index (χ1v) is 11.2. The molecule has 0 saturated carbocycles. The van der Waals surface area contributed by atoms with Crippen molar-refractivity contribution in [1.29, 1.82) is 0 Å². The zero-order valence-corrected chi connectivity index (χ0v) is 18.8. The smallest absolute Gasteiger partial charge is 0.231 e. The normalized spacial score (nSPS) is 25.6. The first-order valence-electron chi connectivity index (χ1n) is 11.2. The van der Waals surface area contributed by atoms with E-state index in [0.717, 1.165) is 11.1 Å². The molecule has 3 aromatic rings. The fourth-order valence-electron chi connectivity index (χ4n) is 4.26. The van der Waals surface area contributed by atoms with Crippen molar-refractivity contribution in [2.75, 3.05) is 13.4 Å². The third-order valence-corrected chi connectivity index (χ3v) is 6.24. The number of aromatic nitrogens is 2. The van der Waals surface area contributed by atoms with Crippen LogP contribution in [0.3, 0.4) is 0 Å². The second kappa shape index (κ2) is 9.36. The van der Waals surface area contributed by atoms with E-state index in [1.165, 1.54) is 6.07 Å². The maximum absolute atomic E-state index is 10.9. The third-order valence-electron chi connectivity index (χ3n) is 6.24. The monoisotopic (exact) mass is 486 g/mol. The molecule has 11 heteroatoms. The Hall–Kier alpha value is -3.35. The Morgan fingerprint density at radius 3 is 2.60 bits per heavy atom. The van der Waals surface area contributed by atoms with Crippen LogP contribution in [0.25, 0.3) is 22.4 Å². The van der Waals surface area contributed by atoms with E-state index in [-0.39, 0.29) is 18.3 Å². The Kier molecular flexibility index (Phi) is 6.26. The van der Waals surface area contributed by atoms with E-state index in [4.69, 9.17) is 18.9 Å². The number of aliphatic hydroxyl groups is 4. The van der Waals surface area contributed by atoms with Crippen molar-refractivity contribution in [3.63, 3.8) is 0 Å². The minimum absolute atomic E-state index is 0.118. The summed E-state index contributed by atoms with van der Waals surface area (Å²) in [6, 6.07) is 8.64. The summed E-state index contributed by atoms with van der Waals surface area (Å²) in [5.74, 6) is 1.39. The number of aromatic hydroxyl groups is 1. The summed E-state index contributed by atoms with van der Waals surface area (Å²) in [6.07, 6.45) is -4.94. The number of H-pyrrole nitrogens is 1. The Labute approximate surface area is 200 Å². The molecule has 11 nitrogen and oxygen atoms in total. The number of fused-ring (bicyclic) bond motifs is 1. The molecule has 6 N–H and O–H groups in total. The van der Waals surface area contributed by atoms with Gasteiger partial charge in [-0.2, -0.15) is 5.10 Å². The highest BCUT2D eigenvalue weighted by Gasteiger charge is 2.45. The van der Waals surface area contributed by atoms with Crippen LogP contribution in [0.2, 0.25) is 0 Å². The van der Waals surface area contributed by atoms with Gasteiger partial charge in [0, 0.05) is 17.2 Å². The number of hydrogen-bond donors (Lipinski definition) is 6. The summed E-state index contributed by atoms with van der Waals surface area (Å²) in [5.41, 5.74) is 3.30. The molecule has 3 heterocycles. The second-order valence-electron chi connectivity index (χ2n) is 8.37. The molecule has 0 unspecified atom stereocenters. The largest absolute Gasteiger partial charge is 0.507 e. The molecular weight excluding hydrogens is 460 g/mol. The lowest BCUT2D eigenvalue weighted by molar-refractivity contribution is -0.277. The van der Waals surface area contributed by atoms with Gasteiger partial charge in [-0.15, -0.1) is 0 Å². The van der Waals surface area contributed by atoms with Crippen molar-refractivity contribution >= 4 is 0 Å². The number of phenolic OH excluding ortho intramolecular Hbond substituents is 1. The minimum Gasteiger partial charge on any atom is -0.507 e. The lowest BCUT2D eigenvalue weighted by Crippen LogP contribution is -2.60. The second-order valence-corrected chi connectivity index (χ2v) is 8.37. The number of aliphatic hydroxyl groups excluding tert-OH is 4. The van der Waals surface area contributed by atoms with Crippen LogP contribution in [-0.2, 0) is 11.2 Å². The van der Waals surface area contributed by atoms with Crippen LogP contribution < -0.4 is 14.2 Å². The maximum Gasteiger partial charge on any atom is 0.231 e. The van der Waals surface area contributed by atoms with Crippen LogP contribution in [0, 0.1) is 0 Å². The van der Waals surface area contributed by atoms with Gasteiger partial charge in [-0.1, -0.05) is 13.0 Å². The molecule has 0 bridgehead atoms. The van der Waals surface area contributed by atoms with E-state index in [9.17, 15) is 25.5 Å². The zero-order chi connectivity index (χ0) is 24.7. The average molecular weight is 486 g/mol. The molecule has 0 aliphatic carbocycles. The van der Waals surface area contributed by atoms with E-state index in [1.54, 1.807) is 12.3 Å². The quantitative estimate of drug-likeness (QED) is 0.295. The number of nitrogens with zero attached hydrogens (tertiary/aromatic N) is 1. The molecule has 1 aromatic heterocycles. The molecule has 0 spiro atoms. The molecule has 5 rings (SSSR count). The summed E-state index contributed by atoms with van der Waals surface area (Å²) >= 11 is 0. The van der Waals surface area contributed by atoms with Gasteiger partial charge in [0.1, 0.15) is 35.9 Å². The van der Waals surface area contributed by atoms with Crippen LogP contribution >= 0.6 is 0 Å². The highest BCUT2D eigenvalue weighted by Crippen LogP contribution is 2.42. The molecule has 1 saturated heterocycles. The van der Waals surface area contributed by atoms with Gasteiger partial charge >= 0.3 is 0 Å². The zero-order valence-electron chi connectivity index (χ0n) is 18.8. The Morgan fingerprint density at radius 2 is 1.83 bits per heavy atom. The highest BCUT2D eigenvalue weighted by molar-refractivity contribution is 5.84. The van der Waals surface area contributed by atoms with Crippen molar-refractivity contribution < 1.29 is 44.5 Å². The van der Waals surface area contributed by atoms with E-state index >= 15 is 0 Å². The summed E-state index contributed by atoms with van der Waals surface area (Å²) in [7, 11) is 0. The fourth-order valence-corrected chi connectivity index (χ4v) is 4.26. The van der Waals surface area contributed by atoms with Gasteiger partial charge in [-0.25, -0.2) is 0 Å². The average Bonchev–Trinajstić information content (AvgIpc) is 3.53. The van der Waals surface area contributed by atoms with Gasteiger partial charge < -0.3 is 44.5 Å². The van der Waals surface area contributed by atoms with Gasteiger partial charge in [0.05, 0.1) is 18.5 Å². The lowest BCUT2D eigenvalue weighted by atomic mass is 9.97. The van der Waals surface area contributed by atoms with E-state index in [2.05, 4.69) is 10.2 Å². The Bertz CT molecular complexity index is 1210. The highest BCUT2D eigenvalue weighted by atomic mass is 16.7. The number of aromatic amines is 1. The number of nitrogens with one attached hydrogen (secondary N) is 1. The van der Waals surface area contributed by atoms with Gasteiger partial charge in [-0.05, 0) is 35.7 Å². The van der Waals surface area contributed by atoms with Crippen LogP contribution in [0.1, 0.15) is 12.5 Å². The number of aryl methyl sites for hydroxylation is 1. The number of phenols is 1. The van der Waals surface area contributed by atoms with Crippen molar-refractivity contribution in [3.05, 3.63) is 42.1 Å². The SMILES string of the molecule is CCc1cc(-c2[nH]ncc2-c2ccc3c(c2)OCO3)c(O)cc1O[C@H]1O[C@@H](CO)[C@@H](O)[C@@H](O)[C@@H]1O. The van der Waals surface area contributed by atoms with Crippen molar-refractivity contribution in [1.82, 2.24) is 10.2 Å². The summed E-state index contributed by atoms with van der Waals surface area (Å²) < 4.78 is 22.1. The summed E-state index contributed by atoms with van der Waals surface area (Å²) in [6.45, 7) is 1.48. The number of ether oxygens (including phenoxy) is 4. The molecule has 1 fully saturated rings. The van der Waals surface area contributed by atoms with E-state index < -0.39 is 37.3 Å². The summed E-state index contributed by atoms with van der Waals surface area (Å²) in [4.78, 5) is 0. The van der Waals surface area contributed by atoms with Gasteiger partial charge in [0.25, 0.3) is 0 Å². The van der Waals surface area contributed by atoms with Gasteiger partial charge in [0.15, 0.2) is 11.5 Å². The molecule has 2 aromatic carbocycles. The minimum atomic E-state index is -1.57. The maximum atomic E-state index is 10.9. The van der Waals surface area contributed by atoms with Crippen LogP contribution in [0.15, 0.2) is 36.5 Å². The van der Waals surface area contributed by atoms with Gasteiger partial charge in [0.2, 0.25) is 13.1 Å². The Morgan fingerprint density at radius 1 is 1.03 bits per heavy atom. The topological polar surface area (TPSA) is 167 Å². The first kappa shape index (κ1) is 23.4. The molecule has 5 atom stereocenters.